The van der Waals surface area contributed by atoms with E-state index in [1.54, 1.807) is 26.0 Å². The molecular weight excluding hydrogens is 420 g/mol. The van der Waals surface area contributed by atoms with Crippen LogP contribution in [0.4, 0.5) is 21.0 Å². The van der Waals surface area contributed by atoms with Crippen LogP contribution < -0.4 is 16.0 Å². The zero-order valence-corrected chi connectivity index (χ0v) is 18.2. The molecule has 0 aromatic heterocycles. The third-order valence-electron chi connectivity index (χ3n) is 3.50. The summed E-state index contributed by atoms with van der Waals surface area (Å²) in [4.78, 5) is 40.9. The summed E-state index contributed by atoms with van der Waals surface area (Å²) in [6.07, 6.45) is -1.69. The van der Waals surface area contributed by atoms with Crippen molar-refractivity contribution in [3.63, 3.8) is 0 Å². The van der Waals surface area contributed by atoms with Gasteiger partial charge < -0.3 is 20.1 Å². The summed E-state index contributed by atoms with van der Waals surface area (Å²) in [5.41, 5.74) is 0.850. The molecule has 0 aliphatic heterocycles. The SMILES string of the molecule is CCOC(=O)/N=C(/NC(=O)OCC)Nc1cc(Sc2ccccc2)ccc1NC(C)=O. The lowest BCUT2D eigenvalue weighted by molar-refractivity contribution is -0.114. The molecule has 2 aromatic rings. The summed E-state index contributed by atoms with van der Waals surface area (Å²) >= 11 is 1.50. The fourth-order valence-corrected chi connectivity index (χ4v) is 3.22. The number of nitrogens with one attached hydrogen (secondary N) is 3. The number of anilines is 2. The Labute approximate surface area is 184 Å². The number of amides is 3. The molecule has 3 amide bonds. The molecule has 0 radical (unpaired) electrons. The molecule has 0 aliphatic rings. The van der Waals surface area contributed by atoms with E-state index >= 15 is 0 Å². The van der Waals surface area contributed by atoms with Gasteiger partial charge in [0.05, 0.1) is 24.6 Å². The number of rotatable bonds is 6. The fourth-order valence-electron chi connectivity index (χ4n) is 2.34. The van der Waals surface area contributed by atoms with Crippen LogP contribution in [0.1, 0.15) is 20.8 Å². The number of aliphatic imine (C=N–C) groups is 1. The van der Waals surface area contributed by atoms with Gasteiger partial charge in [-0.2, -0.15) is 0 Å². The van der Waals surface area contributed by atoms with E-state index in [9.17, 15) is 14.4 Å². The predicted octanol–water partition coefficient (Wildman–Crippen LogP) is 4.47. The highest BCUT2D eigenvalue weighted by Crippen LogP contribution is 2.33. The molecule has 31 heavy (non-hydrogen) atoms. The van der Waals surface area contributed by atoms with Gasteiger partial charge in [-0.15, -0.1) is 4.99 Å². The second kappa shape index (κ2) is 12.2. The van der Waals surface area contributed by atoms with Gasteiger partial charge in [-0.3, -0.25) is 10.1 Å². The normalized spacial score (nSPS) is 10.7. The average molecular weight is 445 g/mol. The largest absolute Gasteiger partial charge is 0.450 e. The number of ether oxygens (including phenoxy) is 2. The highest BCUT2D eigenvalue weighted by molar-refractivity contribution is 7.99. The monoisotopic (exact) mass is 444 g/mol. The first-order valence-corrected chi connectivity index (χ1v) is 10.3. The molecule has 0 atom stereocenters. The number of guanidine groups is 1. The lowest BCUT2D eigenvalue weighted by Gasteiger charge is -2.16. The standard InChI is InChI=1S/C21H24N4O5S/c1-4-29-20(27)24-19(25-21(28)30-5-2)23-18-13-16(11-12-17(18)22-14(3)26)31-15-9-7-6-8-10-15/h6-13H,4-5H2,1-3H3,(H,22,26)(H2,23,24,25,27,28). The molecule has 9 nitrogen and oxygen atoms in total. The topological polar surface area (TPSA) is 118 Å². The van der Waals surface area contributed by atoms with Crippen molar-refractivity contribution in [3.05, 3.63) is 48.5 Å². The van der Waals surface area contributed by atoms with Gasteiger partial charge in [0.15, 0.2) is 0 Å². The Morgan fingerprint density at radius 2 is 1.61 bits per heavy atom. The molecule has 164 valence electrons. The molecule has 3 N–H and O–H groups in total. The summed E-state index contributed by atoms with van der Waals surface area (Å²) < 4.78 is 9.67. The predicted molar refractivity (Wildman–Crippen MR) is 120 cm³/mol. The van der Waals surface area contributed by atoms with Crippen LogP contribution in [-0.2, 0) is 14.3 Å². The third-order valence-corrected chi connectivity index (χ3v) is 4.50. The molecular formula is C21H24N4O5S. The molecule has 2 aromatic carbocycles. The molecule has 0 aliphatic carbocycles. The minimum Gasteiger partial charge on any atom is -0.450 e. The van der Waals surface area contributed by atoms with E-state index < -0.39 is 12.2 Å². The lowest BCUT2D eigenvalue weighted by Crippen LogP contribution is -2.37. The number of nitrogens with zero attached hydrogens (tertiary/aromatic N) is 1. The van der Waals surface area contributed by atoms with Crippen LogP contribution in [-0.4, -0.2) is 37.3 Å². The van der Waals surface area contributed by atoms with Gasteiger partial charge in [-0.1, -0.05) is 30.0 Å². The first-order valence-electron chi connectivity index (χ1n) is 9.52. The summed E-state index contributed by atoms with van der Waals surface area (Å²) in [5, 5.41) is 7.93. The van der Waals surface area contributed by atoms with Gasteiger partial charge in [0.25, 0.3) is 0 Å². The quantitative estimate of drug-likeness (QED) is 0.444. The minimum atomic E-state index is -0.891. The fraction of sp³-hybridized carbons (Fsp3) is 0.238. The Morgan fingerprint density at radius 3 is 2.26 bits per heavy atom. The molecule has 0 spiro atoms. The Bertz CT molecular complexity index is 950. The average Bonchev–Trinajstić information content (AvgIpc) is 2.70. The van der Waals surface area contributed by atoms with Crippen LogP contribution in [0.15, 0.2) is 63.3 Å². The Kier molecular flexibility index (Phi) is 9.37. The minimum absolute atomic E-state index is 0.120. The van der Waals surface area contributed by atoms with Crippen LogP contribution in [0.5, 0.6) is 0 Å². The van der Waals surface area contributed by atoms with E-state index in [4.69, 9.17) is 9.47 Å². The van der Waals surface area contributed by atoms with E-state index in [0.29, 0.717) is 11.4 Å². The zero-order chi connectivity index (χ0) is 22.6. The van der Waals surface area contributed by atoms with Crippen LogP contribution >= 0.6 is 11.8 Å². The number of carbonyl (C=O) groups excluding carboxylic acids is 3. The van der Waals surface area contributed by atoms with Gasteiger partial charge in [-0.25, -0.2) is 9.59 Å². The van der Waals surface area contributed by atoms with Crippen LogP contribution in [0.3, 0.4) is 0 Å². The molecule has 0 saturated carbocycles. The lowest BCUT2D eigenvalue weighted by atomic mass is 10.2. The Balaban J connectivity index is 2.36. The molecule has 0 heterocycles. The molecule has 10 heteroatoms. The molecule has 0 saturated heterocycles. The molecule has 0 bridgehead atoms. The maximum atomic E-state index is 11.9. The Morgan fingerprint density at radius 1 is 0.903 bits per heavy atom. The van der Waals surface area contributed by atoms with Gasteiger partial charge in [0, 0.05) is 16.7 Å². The van der Waals surface area contributed by atoms with Gasteiger partial charge in [-0.05, 0) is 44.2 Å². The van der Waals surface area contributed by atoms with E-state index in [2.05, 4.69) is 20.9 Å². The van der Waals surface area contributed by atoms with Crippen molar-refractivity contribution in [1.29, 1.82) is 0 Å². The summed E-state index contributed by atoms with van der Waals surface area (Å²) in [6, 6.07) is 15.0. The second-order valence-corrected chi connectivity index (χ2v) is 7.08. The van der Waals surface area contributed by atoms with E-state index in [1.807, 2.05) is 36.4 Å². The van der Waals surface area contributed by atoms with Crippen LogP contribution in [0.25, 0.3) is 0 Å². The van der Waals surface area contributed by atoms with Gasteiger partial charge in [0.2, 0.25) is 11.9 Å². The highest BCUT2D eigenvalue weighted by atomic mass is 32.2. The van der Waals surface area contributed by atoms with Gasteiger partial charge in [0.1, 0.15) is 0 Å². The van der Waals surface area contributed by atoms with Crippen molar-refractivity contribution in [2.45, 2.75) is 30.6 Å². The first-order chi connectivity index (χ1) is 14.9. The van der Waals surface area contributed by atoms with E-state index in [-0.39, 0.29) is 25.1 Å². The first kappa shape index (κ1) is 23.7. The van der Waals surface area contributed by atoms with Crippen molar-refractivity contribution in [3.8, 4) is 0 Å². The van der Waals surface area contributed by atoms with Crippen molar-refractivity contribution >= 4 is 47.2 Å². The molecule has 0 fully saturated rings. The second-order valence-electron chi connectivity index (χ2n) is 5.93. The van der Waals surface area contributed by atoms with Crippen molar-refractivity contribution in [2.24, 2.45) is 4.99 Å². The zero-order valence-electron chi connectivity index (χ0n) is 17.4. The summed E-state index contributed by atoms with van der Waals surface area (Å²) in [5.74, 6) is -0.487. The van der Waals surface area contributed by atoms with Crippen molar-refractivity contribution in [1.82, 2.24) is 5.32 Å². The molecule has 0 unspecified atom stereocenters. The number of hydrogen-bond donors (Lipinski definition) is 3. The number of carbonyl (C=O) groups is 3. The number of alkyl carbamates (subject to hydrolysis) is 1. The van der Waals surface area contributed by atoms with Crippen molar-refractivity contribution in [2.75, 3.05) is 23.8 Å². The third kappa shape index (κ3) is 8.39. The van der Waals surface area contributed by atoms with Crippen molar-refractivity contribution < 1.29 is 23.9 Å². The van der Waals surface area contributed by atoms with E-state index in [1.165, 1.54) is 18.7 Å². The highest BCUT2D eigenvalue weighted by Gasteiger charge is 2.14. The number of hydrogen-bond acceptors (Lipinski definition) is 6. The summed E-state index contributed by atoms with van der Waals surface area (Å²) in [6.45, 7) is 4.92. The maximum Gasteiger partial charge on any atom is 0.436 e. The van der Waals surface area contributed by atoms with Crippen LogP contribution in [0.2, 0.25) is 0 Å². The Hall–Kier alpha value is -3.53. The maximum absolute atomic E-state index is 11.9. The van der Waals surface area contributed by atoms with Gasteiger partial charge >= 0.3 is 12.2 Å². The van der Waals surface area contributed by atoms with Crippen LogP contribution in [0, 0.1) is 0 Å². The van der Waals surface area contributed by atoms with E-state index in [0.717, 1.165) is 9.79 Å². The number of benzene rings is 2. The smallest absolute Gasteiger partial charge is 0.436 e. The molecule has 2 rings (SSSR count). The summed E-state index contributed by atoms with van der Waals surface area (Å²) in [7, 11) is 0.